The van der Waals surface area contributed by atoms with Crippen LogP contribution in [0.3, 0.4) is 0 Å². The molecular weight excluding hydrogens is 272 g/mol. The van der Waals surface area contributed by atoms with Gasteiger partial charge in [-0.1, -0.05) is 0 Å². The summed E-state index contributed by atoms with van der Waals surface area (Å²) in [5.41, 5.74) is -0.466. The molecule has 0 aliphatic rings. The second-order valence-corrected chi connectivity index (χ2v) is 6.65. The Kier molecular flexibility index (Phi) is 5.12. The van der Waals surface area contributed by atoms with Gasteiger partial charge in [-0.25, -0.2) is 9.59 Å². The van der Waals surface area contributed by atoms with Crippen LogP contribution < -0.4 is 0 Å². The van der Waals surface area contributed by atoms with Gasteiger partial charge in [-0.3, -0.25) is 4.89 Å². The minimum absolute atomic E-state index is 0.298. The molecule has 0 radical (unpaired) electrons. The minimum Gasteiger partial charge on any atom is -0.456 e. The SMILES string of the molecule is CC(C)(C)OOC(=O)c1ccc(C(=O)OC(C)(C)C)cc1. The second kappa shape index (κ2) is 6.26. The molecule has 0 saturated heterocycles. The number of carbonyl (C=O) groups excluding carboxylic acids is 2. The largest absolute Gasteiger partial charge is 0.456 e. The van der Waals surface area contributed by atoms with Gasteiger partial charge >= 0.3 is 11.9 Å². The standard InChI is InChI=1S/C16H22O5/c1-15(2,3)19-13(17)11-7-9-12(10-8-11)14(18)20-21-16(4,5)6/h7-10H,1-6H3. The molecule has 5 nitrogen and oxygen atoms in total. The summed E-state index contributed by atoms with van der Waals surface area (Å²) in [6.45, 7) is 10.7. The van der Waals surface area contributed by atoms with E-state index < -0.39 is 23.1 Å². The van der Waals surface area contributed by atoms with Crippen LogP contribution in [-0.2, 0) is 14.5 Å². The minimum atomic E-state index is -0.610. The van der Waals surface area contributed by atoms with Crippen LogP contribution in [0.5, 0.6) is 0 Å². The smallest absolute Gasteiger partial charge is 0.373 e. The van der Waals surface area contributed by atoms with Gasteiger partial charge in [0, 0.05) is 0 Å². The van der Waals surface area contributed by atoms with Gasteiger partial charge in [0.25, 0.3) is 0 Å². The van der Waals surface area contributed by atoms with Gasteiger partial charge in [-0.05, 0) is 65.8 Å². The first-order chi connectivity index (χ1) is 9.48. The average Bonchev–Trinajstić information content (AvgIpc) is 2.33. The molecule has 0 atom stereocenters. The fourth-order valence-electron chi connectivity index (χ4n) is 1.29. The molecule has 0 aliphatic heterocycles. The van der Waals surface area contributed by atoms with Crippen molar-refractivity contribution in [3.8, 4) is 0 Å². The van der Waals surface area contributed by atoms with Crippen LogP contribution in [0.1, 0.15) is 62.3 Å². The van der Waals surface area contributed by atoms with E-state index in [1.807, 2.05) is 0 Å². The molecule has 0 heterocycles. The number of rotatable bonds is 3. The Morgan fingerprint density at radius 2 is 1.19 bits per heavy atom. The van der Waals surface area contributed by atoms with E-state index in [1.165, 1.54) is 24.3 Å². The predicted octanol–water partition coefficient (Wildman–Crippen LogP) is 3.53. The molecular formula is C16H22O5. The number of benzene rings is 1. The summed E-state index contributed by atoms with van der Waals surface area (Å²) in [5.74, 6) is -1.05. The number of carbonyl (C=O) groups is 2. The summed E-state index contributed by atoms with van der Waals surface area (Å²) in [7, 11) is 0. The van der Waals surface area contributed by atoms with Crippen LogP contribution >= 0.6 is 0 Å². The highest BCUT2D eigenvalue weighted by Gasteiger charge is 2.19. The third-order valence-electron chi connectivity index (χ3n) is 2.12. The van der Waals surface area contributed by atoms with E-state index in [2.05, 4.69) is 0 Å². The summed E-state index contributed by atoms with van der Waals surface area (Å²) >= 11 is 0. The van der Waals surface area contributed by atoms with Crippen molar-refractivity contribution in [2.24, 2.45) is 0 Å². The topological polar surface area (TPSA) is 61.8 Å². The lowest BCUT2D eigenvalue weighted by Crippen LogP contribution is -2.24. The fraction of sp³-hybridized carbons (Fsp3) is 0.500. The Hall–Kier alpha value is -1.88. The molecule has 21 heavy (non-hydrogen) atoms. The summed E-state index contributed by atoms with van der Waals surface area (Å²) in [6.07, 6.45) is 0. The maximum atomic E-state index is 11.8. The van der Waals surface area contributed by atoms with Gasteiger partial charge < -0.3 is 4.74 Å². The van der Waals surface area contributed by atoms with E-state index in [1.54, 1.807) is 41.5 Å². The monoisotopic (exact) mass is 294 g/mol. The van der Waals surface area contributed by atoms with Crippen molar-refractivity contribution in [3.63, 3.8) is 0 Å². The lowest BCUT2D eigenvalue weighted by Gasteiger charge is -2.19. The summed E-state index contributed by atoms with van der Waals surface area (Å²) < 4.78 is 5.24. The quantitative estimate of drug-likeness (QED) is 0.485. The van der Waals surface area contributed by atoms with Crippen LogP contribution in [0.4, 0.5) is 0 Å². The van der Waals surface area contributed by atoms with Crippen molar-refractivity contribution in [1.82, 2.24) is 0 Å². The van der Waals surface area contributed by atoms with Crippen LogP contribution in [-0.4, -0.2) is 23.1 Å². The Morgan fingerprint density at radius 1 is 0.762 bits per heavy atom. The molecule has 1 aromatic carbocycles. The molecule has 1 aromatic rings. The average molecular weight is 294 g/mol. The van der Waals surface area contributed by atoms with E-state index in [0.29, 0.717) is 11.1 Å². The highest BCUT2D eigenvalue weighted by atomic mass is 17.2. The molecule has 0 spiro atoms. The zero-order valence-corrected chi connectivity index (χ0v) is 13.4. The molecule has 116 valence electrons. The Labute approximate surface area is 125 Å². The van der Waals surface area contributed by atoms with Crippen LogP contribution in [0.2, 0.25) is 0 Å². The van der Waals surface area contributed by atoms with Crippen LogP contribution in [0, 0.1) is 0 Å². The third-order valence-corrected chi connectivity index (χ3v) is 2.12. The molecule has 0 N–H and O–H groups in total. The van der Waals surface area contributed by atoms with E-state index in [9.17, 15) is 9.59 Å². The molecule has 0 aromatic heterocycles. The molecule has 0 fully saturated rings. The van der Waals surface area contributed by atoms with Gasteiger partial charge in [-0.2, -0.15) is 4.89 Å². The van der Waals surface area contributed by atoms with Crippen LogP contribution in [0.25, 0.3) is 0 Å². The van der Waals surface area contributed by atoms with Crippen molar-refractivity contribution < 1.29 is 24.1 Å². The summed E-state index contributed by atoms with van der Waals surface area (Å²) in [6, 6.07) is 6.02. The molecule has 0 aliphatic carbocycles. The molecule has 1 rings (SSSR count). The van der Waals surface area contributed by atoms with Crippen molar-refractivity contribution in [2.45, 2.75) is 52.7 Å². The van der Waals surface area contributed by atoms with Gasteiger partial charge in [0.1, 0.15) is 11.2 Å². The van der Waals surface area contributed by atoms with Crippen molar-refractivity contribution in [2.75, 3.05) is 0 Å². The van der Waals surface area contributed by atoms with Crippen molar-refractivity contribution in [3.05, 3.63) is 35.4 Å². The zero-order valence-electron chi connectivity index (χ0n) is 13.4. The molecule has 5 heteroatoms. The number of hydrogen-bond donors (Lipinski definition) is 0. The maximum absolute atomic E-state index is 11.8. The van der Waals surface area contributed by atoms with Crippen LogP contribution in [0.15, 0.2) is 24.3 Å². The highest BCUT2D eigenvalue weighted by Crippen LogP contribution is 2.14. The number of ether oxygens (including phenoxy) is 1. The first-order valence-corrected chi connectivity index (χ1v) is 6.71. The first kappa shape index (κ1) is 17.2. The molecule has 0 bridgehead atoms. The van der Waals surface area contributed by atoms with Gasteiger partial charge in [-0.15, -0.1) is 0 Å². The summed E-state index contributed by atoms with van der Waals surface area (Å²) in [4.78, 5) is 33.2. The normalized spacial score (nSPS) is 11.9. The molecule has 0 amide bonds. The highest BCUT2D eigenvalue weighted by molar-refractivity contribution is 5.93. The first-order valence-electron chi connectivity index (χ1n) is 6.71. The van der Waals surface area contributed by atoms with Gasteiger partial charge in [0.2, 0.25) is 0 Å². The summed E-state index contributed by atoms with van der Waals surface area (Å²) in [5, 5.41) is 0. The molecule has 0 saturated carbocycles. The van der Waals surface area contributed by atoms with Crippen molar-refractivity contribution in [1.29, 1.82) is 0 Å². The number of esters is 1. The molecule has 0 unspecified atom stereocenters. The van der Waals surface area contributed by atoms with E-state index >= 15 is 0 Å². The number of hydrogen-bond acceptors (Lipinski definition) is 5. The third kappa shape index (κ3) is 6.40. The Morgan fingerprint density at radius 3 is 1.57 bits per heavy atom. The van der Waals surface area contributed by atoms with E-state index in [0.717, 1.165) is 0 Å². The van der Waals surface area contributed by atoms with E-state index in [-0.39, 0.29) is 0 Å². The van der Waals surface area contributed by atoms with Crippen molar-refractivity contribution >= 4 is 11.9 Å². The van der Waals surface area contributed by atoms with Gasteiger partial charge in [0.15, 0.2) is 0 Å². The maximum Gasteiger partial charge on any atom is 0.373 e. The van der Waals surface area contributed by atoms with E-state index in [4.69, 9.17) is 14.5 Å². The fourth-order valence-corrected chi connectivity index (χ4v) is 1.29. The zero-order chi connectivity index (χ0) is 16.3. The predicted molar refractivity (Wildman–Crippen MR) is 77.9 cm³/mol. The second-order valence-electron chi connectivity index (χ2n) is 6.65. The lowest BCUT2D eigenvalue weighted by atomic mass is 10.1. The Balaban J connectivity index is 2.70. The van der Waals surface area contributed by atoms with Gasteiger partial charge in [0.05, 0.1) is 11.1 Å². The Bertz CT molecular complexity index is 503. The lowest BCUT2D eigenvalue weighted by molar-refractivity contribution is -0.301.